The zero-order valence-electron chi connectivity index (χ0n) is 21.7. The van der Waals surface area contributed by atoms with Gasteiger partial charge < -0.3 is 27.5 Å². The summed E-state index contributed by atoms with van der Waals surface area (Å²) < 4.78 is 30.8. The average molecular weight is 497 g/mol. The van der Waals surface area contributed by atoms with Gasteiger partial charge in [0.1, 0.15) is 18.3 Å². The van der Waals surface area contributed by atoms with E-state index in [0.717, 1.165) is 6.08 Å². The predicted molar refractivity (Wildman–Crippen MR) is 135 cm³/mol. The second-order valence-corrected chi connectivity index (χ2v) is 10.5. The summed E-state index contributed by atoms with van der Waals surface area (Å²) in [6, 6.07) is 0. The van der Waals surface area contributed by atoms with Crippen LogP contribution in [0.15, 0.2) is 74.1 Å². The summed E-state index contributed by atoms with van der Waals surface area (Å²) in [5.41, 5.74) is 1.55. The van der Waals surface area contributed by atoms with Gasteiger partial charge in [0.15, 0.2) is 0 Å². The molecule has 0 aromatic heterocycles. The molecule has 1 heterocycles. The lowest BCUT2D eigenvalue weighted by atomic mass is 10.2. The molecule has 0 aromatic rings. The number of hydrogen-bond acceptors (Lipinski definition) is 8. The summed E-state index contributed by atoms with van der Waals surface area (Å²) in [5.74, 6) is 0.801. The molecule has 0 bridgehead atoms. The van der Waals surface area contributed by atoms with E-state index in [2.05, 4.69) is 39.5 Å². The fourth-order valence-electron chi connectivity index (χ4n) is 1.72. The van der Waals surface area contributed by atoms with Gasteiger partial charge >= 0.3 is 20.7 Å². The molecule has 192 valence electrons. The van der Waals surface area contributed by atoms with E-state index in [1.807, 2.05) is 20.8 Å². The van der Waals surface area contributed by atoms with Crippen molar-refractivity contribution in [2.45, 2.75) is 60.2 Å². The lowest BCUT2D eigenvalue weighted by Crippen LogP contribution is -2.42. The maximum atomic E-state index is 10.7. The lowest BCUT2D eigenvalue weighted by Gasteiger charge is -2.27. The molecule has 0 saturated carbocycles. The number of carbonyl (C=O) groups is 2. The molecule has 9 heteroatoms. The van der Waals surface area contributed by atoms with Gasteiger partial charge in [-0.3, -0.25) is 0 Å². The van der Waals surface area contributed by atoms with Crippen LogP contribution in [0, 0.1) is 0 Å². The van der Waals surface area contributed by atoms with Crippen LogP contribution < -0.4 is 0 Å². The first kappa shape index (κ1) is 33.1. The molecule has 34 heavy (non-hydrogen) atoms. The molecule has 1 atom stereocenters. The molecule has 0 spiro atoms. The minimum Gasteiger partial charge on any atom is -0.485 e. The standard InChI is InChI=1S/C11H18O3Si.C7H10O3.C7H12O2/c1-8-15(12-9(2)3,13-10(4)5)14-11(6)7;1-5(2)7(8)10-4-6-3-9-6;1-5-6(8)9-7(2,3)4/h8H,1-2,4,6H2,3,5,7H3;6H,1,3-4H2,2H3;5H,1H2,2-4H3. The Morgan fingerprint density at radius 3 is 1.56 bits per heavy atom. The van der Waals surface area contributed by atoms with E-state index in [1.54, 1.807) is 27.7 Å². The van der Waals surface area contributed by atoms with Crippen molar-refractivity contribution in [2.75, 3.05) is 13.2 Å². The maximum Gasteiger partial charge on any atom is 0.728 e. The first-order valence-corrected chi connectivity index (χ1v) is 12.2. The van der Waals surface area contributed by atoms with Crippen molar-refractivity contribution in [1.82, 2.24) is 0 Å². The van der Waals surface area contributed by atoms with Gasteiger partial charge in [-0.15, -0.1) is 0 Å². The van der Waals surface area contributed by atoms with Gasteiger partial charge in [-0.25, -0.2) is 9.59 Å². The Hall–Kier alpha value is -3.04. The number of allylic oxidation sites excluding steroid dienone is 3. The van der Waals surface area contributed by atoms with E-state index >= 15 is 0 Å². The zero-order valence-corrected chi connectivity index (χ0v) is 22.7. The van der Waals surface area contributed by atoms with E-state index in [4.69, 9.17) is 27.5 Å². The summed E-state index contributed by atoms with van der Waals surface area (Å²) >= 11 is 0. The molecule has 1 rings (SSSR count). The predicted octanol–water partition coefficient (Wildman–Crippen LogP) is 5.32. The number of epoxide rings is 1. The topological polar surface area (TPSA) is 92.8 Å². The van der Waals surface area contributed by atoms with Crippen molar-refractivity contribution in [3.8, 4) is 0 Å². The van der Waals surface area contributed by atoms with Crippen LogP contribution in [0.5, 0.6) is 0 Å². The minimum absolute atomic E-state index is 0.142. The third kappa shape index (κ3) is 19.6. The summed E-state index contributed by atoms with van der Waals surface area (Å²) in [5, 5.41) is 0. The molecule has 1 unspecified atom stereocenters. The van der Waals surface area contributed by atoms with E-state index in [-0.39, 0.29) is 18.0 Å². The number of hydrogen-bond donors (Lipinski definition) is 0. The molecule has 0 N–H and O–H groups in total. The van der Waals surface area contributed by atoms with E-state index < -0.39 is 14.4 Å². The highest BCUT2D eigenvalue weighted by Crippen LogP contribution is 2.20. The van der Waals surface area contributed by atoms with Crippen LogP contribution in [0.1, 0.15) is 48.5 Å². The first-order chi connectivity index (χ1) is 15.5. The van der Waals surface area contributed by atoms with E-state index in [0.29, 0.717) is 36.1 Å². The number of esters is 2. The molecule has 0 radical (unpaired) electrons. The largest absolute Gasteiger partial charge is 0.728 e. The Morgan fingerprint density at radius 1 is 0.941 bits per heavy atom. The molecule has 1 saturated heterocycles. The Bertz CT molecular complexity index is 731. The van der Waals surface area contributed by atoms with Gasteiger partial charge in [-0.2, -0.15) is 0 Å². The van der Waals surface area contributed by atoms with Gasteiger partial charge in [0.2, 0.25) is 0 Å². The molecule has 0 amide bonds. The summed E-state index contributed by atoms with van der Waals surface area (Å²) in [6.45, 7) is 34.6. The molecular weight excluding hydrogens is 456 g/mol. The molecule has 1 aliphatic rings. The smallest absolute Gasteiger partial charge is 0.485 e. The monoisotopic (exact) mass is 496 g/mol. The summed E-state index contributed by atoms with van der Waals surface area (Å²) in [7, 11) is -2.99. The van der Waals surface area contributed by atoms with Crippen LogP contribution in [0.4, 0.5) is 0 Å². The molecule has 0 aliphatic carbocycles. The molecule has 1 aliphatic heterocycles. The van der Waals surface area contributed by atoms with Crippen LogP contribution in [0.2, 0.25) is 0 Å². The van der Waals surface area contributed by atoms with Crippen molar-refractivity contribution in [2.24, 2.45) is 0 Å². The van der Waals surface area contributed by atoms with Gasteiger partial charge in [-0.1, -0.05) is 39.5 Å². The van der Waals surface area contributed by atoms with Crippen molar-refractivity contribution < 1.29 is 37.1 Å². The van der Waals surface area contributed by atoms with Crippen LogP contribution in [-0.4, -0.2) is 45.7 Å². The van der Waals surface area contributed by atoms with Crippen molar-refractivity contribution in [3.63, 3.8) is 0 Å². The fourth-order valence-corrected chi connectivity index (χ4v) is 3.55. The Balaban J connectivity index is 0. The van der Waals surface area contributed by atoms with E-state index in [1.165, 1.54) is 5.70 Å². The molecule has 8 nitrogen and oxygen atoms in total. The van der Waals surface area contributed by atoms with Crippen LogP contribution in [-0.2, 0) is 37.1 Å². The van der Waals surface area contributed by atoms with Gasteiger partial charge in [0.05, 0.1) is 23.9 Å². The average Bonchev–Trinajstić information content (AvgIpc) is 3.48. The van der Waals surface area contributed by atoms with Crippen LogP contribution in [0.3, 0.4) is 0 Å². The highest BCUT2D eigenvalue weighted by Gasteiger charge is 2.45. The van der Waals surface area contributed by atoms with Crippen molar-refractivity contribution >= 4 is 20.7 Å². The minimum atomic E-state index is -2.99. The third-order valence-electron chi connectivity index (χ3n) is 2.92. The van der Waals surface area contributed by atoms with Crippen LogP contribution in [0.25, 0.3) is 0 Å². The number of carbonyl (C=O) groups excluding carboxylic acids is 2. The number of ether oxygens (including phenoxy) is 3. The lowest BCUT2D eigenvalue weighted by molar-refractivity contribution is -0.148. The normalized spacial score (nSPS) is 13.7. The van der Waals surface area contributed by atoms with Gasteiger partial charge in [-0.05, 0) is 48.5 Å². The molecule has 0 aromatic carbocycles. The Morgan fingerprint density at radius 2 is 1.35 bits per heavy atom. The highest BCUT2D eigenvalue weighted by molar-refractivity contribution is 6.67. The van der Waals surface area contributed by atoms with Crippen LogP contribution >= 0.6 is 0 Å². The Kier molecular flexibility index (Phi) is 15.3. The van der Waals surface area contributed by atoms with Crippen molar-refractivity contribution in [1.29, 1.82) is 0 Å². The van der Waals surface area contributed by atoms with Gasteiger partial charge in [0.25, 0.3) is 0 Å². The summed E-state index contributed by atoms with van der Waals surface area (Å²) in [4.78, 5) is 21.2. The molecule has 1 fully saturated rings. The second kappa shape index (κ2) is 15.7. The third-order valence-corrected chi connectivity index (χ3v) is 5.32. The first-order valence-electron chi connectivity index (χ1n) is 10.4. The summed E-state index contributed by atoms with van der Waals surface area (Å²) in [6.07, 6.45) is 1.30. The second-order valence-electron chi connectivity index (χ2n) is 8.29. The maximum absolute atomic E-state index is 10.7. The SMILES string of the molecule is C=C(C)C(=O)OCC1CO1.C=CC(=O)OC(C)(C)C.C=C[Si](OC(=C)C)(OC(=C)C)OC(=C)C. The Labute approximate surface area is 205 Å². The van der Waals surface area contributed by atoms with Gasteiger partial charge in [0, 0.05) is 17.3 Å². The highest BCUT2D eigenvalue weighted by atomic mass is 28.4. The van der Waals surface area contributed by atoms with E-state index in [9.17, 15) is 9.59 Å². The fraction of sp³-hybridized carbons (Fsp3) is 0.440. The number of rotatable bonds is 11. The zero-order chi connectivity index (χ0) is 27.1. The quantitative estimate of drug-likeness (QED) is 0.125. The molecular formula is C25H40O8Si. The van der Waals surface area contributed by atoms with Crippen molar-refractivity contribution in [3.05, 3.63) is 74.1 Å².